The minimum atomic E-state index is -0.337. The lowest BCUT2D eigenvalue weighted by Crippen LogP contribution is -2.45. The molecule has 7 heteroatoms. The summed E-state index contributed by atoms with van der Waals surface area (Å²) < 4.78 is 0.643. The van der Waals surface area contributed by atoms with Crippen LogP contribution in [0.5, 0.6) is 0 Å². The maximum absolute atomic E-state index is 11.3. The molecule has 2 fully saturated rings. The number of pyridine rings is 1. The Kier molecular flexibility index (Phi) is 4.40. The minimum absolute atomic E-state index is 0.0899. The molecule has 2 aliphatic rings. The fourth-order valence-corrected chi connectivity index (χ4v) is 3.21. The molecule has 0 spiro atoms. The molecule has 1 saturated heterocycles. The molecule has 114 valence electrons. The van der Waals surface area contributed by atoms with Crippen LogP contribution in [-0.2, 0) is 0 Å². The van der Waals surface area contributed by atoms with E-state index >= 15 is 0 Å². The highest BCUT2D eigenvalue weighted by molar-refractivity contribution is 9.10. The van der Waals surface area contributed by atoms with Crippen molar-refractivity contribution in [2.24, 2.45) is 0 Å². The van der Waals surface area contributed by atoms with Crippen LogP contribution in [0.1, 0.15) is 32.1 Å². The number of halogens is 1. The van der Waals surface area contributed by atoms with Crippen molar-refractivity contribution in [3.63, 3.8) is 0 Å². The SMILES string of the molecule is O=[N+]([O-])c1cc(Br)cnc1N(CC1CCCCN1)C1CC1. The molecule has 0 bridgehead atoms. The Morgan fingerprint density at radius 2 is 2.24 bits per heavy atom. The molecule has 1 N–H and O–H groups in total. The van der Waals surface area contributed by atoms with Crippen LogP contribution in [-0.4, -0.2) is 35.1 Å². The topological polar surface area (TPSA) is 71.3 Å². The maximum atomic E-state index is 11.3. The van der Waals surface area contributed by atoms with Gasteiger partial charge >= 0.3 is 5.69 Å². The van der Waals surface area contributed by atoms with Gasteiger partial charge in [0.2, 0.25) is 5.82 Å². The zero-order valence-electron chi connectivity index (χ0n) is 11.8. The van der Waals surface area contributed by atoms with Gasteiger partial charge in [0.1, 0.15) is 0 Å². The molecule has 2 heterocycles. The van der Waals surface area contributed by atoms with E-state index in [2.05, 4.69) is 31.1 Å². The fourth-order valence-electron chi connectivity index (χ4n) is 2.89. The molecule has 21 heavy (non-hydrogen) atoms. The molecule has 0 aromatic carbocycles. The molecule has 1 atom stereocenters. The van der Waals surface area contributed by atoms with Crippen LogP contribution in [0.3, 0.4) is 0 Å². The maximum Gasteiger partial charge on any atom is 0.312 e. The van der Waals surface area contributed by atoms with E-state index in [1.54, 1.807) is 12.3 Å². The van der Waals surface area contributed by atoms with Gasteiger partial charge in [0.05, 0.1) is 4.92 Å². The second-order valence-corrected chi connectivity index (χ2v) is 6.70. The summed E-state index contributed by atoms with van der Waals surface area (Å²) in [5.41, 5.74) is 0.0899. The molecule has 1 aliphatic heterocycles. The van der Waals surface area contributed by atoms with Crippen LogP contribution >= 0.6 is 15.9 Å². The Morgan fingerprint density at radius 3 is 2.86 bits per heavy atom. The second-order valence-electron chi connectivity index (χ2n) is 5.78. The highest BCUT2D eigenvalue weighted by atomic mass is 79.9. The van der Waals surface area contributed by atoms with Gasteiger partial charge in [0.25, 0.3) is 0 Å². The van der Waals surface area contributed by atoms with Crippen molar-refractivity contribution in [1.82, 2.24) is 10.3 Å². The number of piperidine rings is 1. The highest BCUT2D eigenvalue weighted by Gasteiger charge is 2.35. The van der Waals surface area contributed by atoms with Crippen molar-refractivity contribution < 1.29 is 4.92 Å². The van der Waals surface area contributed by atoms with Crippen LogP contribution in [0.2, 0.25) is 0 Å². The van der Waals surface area contributed by atoms with E-state index in [4.69, 9.17) is 0 Å². The molecule has 6 nitrogen and oxygen atoms in total. The van der Waals surface area contributed by atoms with Crippen LogP contribution in [0, 0.1) is 10.1 Å². The molecule has 1 aromatic rings. The number of nitrogens with one attached hydrogen (secondary N) is 1. The predicted molar refractivity (Wildman–Crippen MR) is 84.6 cm³/mol. The van der Waals surface area contributed by atoms with Gasteiger partial charge in [-0.2, -0.15) is 0 Å². The monoisotopic (exact) mass is 354 g/mol. The lowest BCUT2D eigenvalue weighted by Gasteiger charge is -2.31. The molecule has 1 aromatic heterocycles. The van der Waals surface area contributed by atoms with E-state index in [-0.39, 0.29) is 10.6 Å². The van der Waals surface area contributed by atoms with Gasteiger partial charge in [-0.3, -0.25) is 10.1 Å². The van der Waals surface area contributed by atoms with Gasteiger partial charge in [0.15, 0.2) is 0 Å². The Labute approximate surface area is 132 Å². The van der Waals surface area contributed by atoms with Crippen LogP contribution in [0.4, 0.5) is 11.5 Å². The Morgan fingerprint density at radius 1 is 1.43 bits per heavy atom. The molecular weight excluding hydrogens is 336 g/mol. The highest BCUT2D eigenvalue weighted by Crippen LogP contribution is 2.36. The molecular formula is C14H19BrN4O2. The molecule has 1 unspecified atom stereocenters. The third-order valence-electron chi connectivity index (χ3n) is 4.10. The average molecular weight is 355 g/mol. The first kappa shape index (κ1) is 14.7. The quantitative estimate of drug-likeness (QED) is 0.650. The number of aromatic nitrogens is 1. The van der Waals surface area contributed by atoms with Crippen molar-refractivity contribution in [1.29, 1.82) is 0 Å². The first-order valence-electron chi connectivity index (χ1n) is 7.45. The van der Waals surface area contributed by atoms with Crippen LogP contribution < -0.4 is 10.2 Å². The van der Waals surface area contributed by atoms with E-state index in [0.717, 1.165) is 32.4 Å². The third-order valence-corrected chi connectivity index (χ3v) is 4.53. The normalized spacial score (nSPS) is 22.0. The zero-order valence-corrected chi connectivity index (χ0v) is 13.4. The summed E-state index contributed by atoms with van der Waals surface area (Å²) in [6, 6.07) is 2.36. The zero-order chi connectivity index (χ0) is 14.8. The summed E-state index contributed by atoms with van der Waals surface area (Å²) in [6.45, 7) is 1.85. The van der Waals surface area contributed by atoms with Crippen molar-refractivity contribution in [2.75, 3.05) is 18.0 Å². The lowest BCUT2D eigenvalue weighted by atomic mass is 10.0. The lowest BCUT2D eigenvalue weighted by molar-refractivity contribution is -0.384. The third kappa shape index (κ3) is 3.52. The summed E-state index contributed by atoms with van der Waals surface area (Å²) in [5.74, 6) is 0.512. The number of nitrogens with zero attached hydrogens (tertiary/aromatic N) is 3. The predicted octanol–water partition coefficient (Wildman–Crippen LogP) is 2.86. The first-order chi connectivity index (χ1) is 10.1. The molecule has 1 aliphatic carbocycles. The van der Waals surface area contributed by atoms with Gasteiger partial charge in [-0.05, 0) is 48.2 Å². The summed E-state index contributed by atoms with van der Waals surface area (Å²) >= 11 is 3.27. The number of hydrogen-bond acceptors (Lipinski definition) is 5. The average Bonchev–Trinajstić information content (AvgIpc) is 3.31. The van der Waals surface area contributed by atoms with Gasteiger partial charge in [-0.15, -0.1) is 0 Å². The van der Waals surface area contributed by atoms with Crippen LogP contribution in [0.15, 0.2) is 16.7 Å². The number of hydrogen-bond donors (Lipinski definition) is 1. The van der Waals surface area contributed by atoms with Gasteiger partial charge < -0.3 is 10.2 Å². The van der Waals surface area contributed by atoms with Crippen molar-refractivity contribution in [2.45, 2.75) is 44.2 Å². The van der Waals surface area contributed by atoms with Gasteiger partial charge in [0, 0.05) is 35.4 Å². The van der Waals surface area contributed by atoms with Crippen molar-refractivity contribution >= 4 is 27.4 Å². The second kappa shape index (κ2) is 6.27. The van der Waals surface area contributed by atoms with E-state index in [0.29, 0.717) is 22.4 Å². The van der Waals surface area contributed by atoms with E-state index < -0.39 is 0 Å². The smallest absolute Gasteiger partial charge is 0.312 e. The Balaban J connectivity index is 1.85. The van der Waals surface area contributed by atoms with Gasteiger partial charge in [-0.1, -0.05) is 6.42 Å². The summed E-state index contributed by atoms with van der Waals surface area (Å²) in [6.07, 6.45) is 7.42. The number of rotatable bonds is 5. The molecule has 0 radical (unpaired) electrons. The molecule has 0 amide bonds. The van der Waals surface area contributed by atoms with Crippen molar-refractivity contribution in [3.8, 4) is 0 Å². The summed E-state index contributed by atoms with van der Waals surface area (Å²) in [5, 5.41) is 14.8. The minimum Gasteiger partial charge on any atom is -0.346 e. The number of nitro groups is 1. The first-order valence-corrected chi connectivity index (χ1v) is 8.24. The largest absolute Gasteiger partial charge is 0.346 e. The number of anilines is 1. The molecule has 3 rings (SSSR count). The fraction of sp³-hybridized carbons (Fsp3) is 0.643. The van der Waals surface area contributed by atoms with Crippen LogP contribution in [0.25, 0.3) is 0 Å². The van der Waals surface area contributed by atoms with E-state index in [9.17, 15) is 10.1 Å². The van der Waals surface area contributed by atoms with E-state index in [1.807, 2.05) is 0 Å². The Bertz CT molecular complexity index is 530. The summed E-state index contributed by atoms with van der Waals surface area (Å²) in [7, 11) is 0. The van der Waals surface area contributed by atoms with E-state index in [1.165, 1.54) is 12.8 Å². The Hall–Kier alpha value is -1.21. The summed E-state index contributed by atoms with van der Waals surface area (Å²) in [4.78, 5) is 17.4. The van der Waals surface area contributed by atoms with Crippen molar-refractivity contribution in [3.05, 3.63) is 26.9 Å². The standard InChI is InChI=1S/C14H19BrN4O2/c15-10-7-13(19(20)21)14(17-8-10)18(12-4-5-12)9-11-3-1-2-6-16-11/h7-8,11-12,16H,1-6,9H2. The molecule has 1 saturated carbocycles. The van der Waals surface area contributed by atoms with Gasteiger partial charge in [-0.25, -0.2) is 4.98 Å².